The lowest BCUT2D eigenvalue weighted by molar-refractivity contribution is 0.0687. The van der Waals surface area contributed by atoms with Crippen LogP contribution in [0.1, 0.15) is 38.0 Å². The first-order chi connectivity index (χ1) is 17.1. The number of hydrogen-bond donors (Lipinski definition) is 1. The molecule has 0 saturated heterocycles. The molecule has 1 atom stereocenters. The third-order valence-corrected chi connectivity index (χ3v) is 7.22. The first-order valence-electron chi connectivity index (χ1n) is 11.1. The van der Waals surface area contributed by atoms with Crippen LogP contribution in [0.2, 0.25) is 0 Å². The Labute approximate surface area is 204 Å². The van der Waals surface area contributed by atoms with Crippen LogP contribution in [0.3, 0.4) is 0 Å². The number of imidazole rings is 1. The van der Waals surface area contributed by atoms with E-state index in [9.17, 15) is 14.0 Å². The summed E-state index contributed by atoms with van der Waals surface area (Å²) in [7, 11) is 0. The van der Waals surface area contributed by atoms with Crippen molar-refractivity contribution in [3.8, 4) is 5.69 Å². The number of thioether (sulfide) groups is 1. The Balaban J connectivity index is 1.29. The zero-order valence-electron chi connectivity index (χ0n) is 18.5. The minimum Gasteiger partial charge on any atom is -0.342 e. The van der Waals surface area contributed by atoms with Crippen LogP contribution in [0.5, 0.6) is 0 Å². The van der Waals surface area contributed by atoms with E-state index in [1.807, 2.05) is 28.8 Å². The molecule has 0 fully saturated rings. The van der Waals surface area contributed by atoms with Crippen LogP contribution in [-0.2, 0) is 13.1 Å². The molecule has 0 saturated carbocycles. The molecule has 11 heteroatoms. The lowest BCUT2D eigenvalue weighted by atomic mass is 9.94. The van der Waals surface area contributed by atoms with Crippen molar-refractivity contribution >= 4 is 23.6 Å². The molecule has 176 valence electrons. The van der Waals surface area contributed by atoms with E-state index in [-0.39, 0.29) is 18.0 Å². The van der Waals surface area contributed by atoms with Crippen molar-refractivity contribution in [1.29, 1.82) is 0 Å². The fraction of sp³-hybridized carbons (Fsp3) is 0.208. The number of nitrogens with one attached hydrogen (secondary N) is 1. The second kappa shape index (κ2) is 8.66. The van der Waals surface area contributed by atoms with Crippen molar-refractivity contribution in [2.24, 2.45) is 0 Å². The van der Waals surface area contributed by atoms with Crippen molar-refractivity contribution < 1.29 is 14.0 Å². The summed E-state index contributed by atoms with van der Waals surface area (Å²) in [5.74, 6) is -0.442. The van der Waals surface area contributed by atoms with Crippen molar-refractivity contribution in [3.63, 3.8) is 0 Å². The number of carbonyl (C=O) groups is 2. The molecule has 6 rings (SSSR count). The number of nitrogens with zero attached hydrogens (tertiary/aromatic N) is 6. The number of fused-ring (bicyclic) bond motifs is 2. The van der Waals surface area contributed by atoms with Crippen molar-refractivity contribution in [2.45, 2.75) is 24.3 Å². The molecule has 4 aromatic rings. The predicted octanol–water partition coefficient (Wildman–Crippen LogP) is 2.84. The molecule has 1 N–H and O–H groups in total. The molecule has 2 aromatic heterocycles. The highest BCUT2D eigenvalue weighted by Crippen LogP contribution is 2.30. The zero-order chi connectivity index (χ0) is 23.9. The van der Waals surface area contributed by atoms with E-state index in [0.717, 1.165) is 28.6 Å². The monoisotopic (exact) mass is 489 g/mol. The number of aromatic nitrogens is 5. The quantitative estimate of drug-likeness (QED) is 0.474. The minimum atomic E-state index is -0.620. The summed E-state index contributed by atoms with van der Waals surface area (Å²) in [6, 6.07) is 11.5. The van der Waals surface area contributed by atoms with Crippen LogP contribution in [0, 0.1) is 5.82 Å². The van der Waals surface area contributed by atoms with E-state index < -0.39 is 17.8 Å². The second-order valence-electron chi connectivity index (χ2n) is 8.35. The SMILES string of the molecule is O=C(NC1CN(C(=O)c2cc(-n3ccnn3)ccc2F)Cc2ccccc21)c1cnc2n1CCS2. The highest BCUT2D eigenvalue weighted by molar-refractivity contribution is 7.99. The van der Waals surface area contributed by atoms with Crippen LogP contribution in [0.25, 0.3) is 5.69 Å². The van der Waals surface area contributed by atoms with Gasteiger partial charge in [-0.1, -0.05) is 41.2 Å². The van der Waals surface area contributed by atoms with E-state index in [1.165, 1.54) is 29.1 Å². The van der Waals surface area contributed by atoms with Crippen LogP contribution >= 0.6 is 11.8 Å². The van der Waals surface area contributed by atoms with Gasteiger partial charge in [-0.25, -0.2) is 14.1 Å². The van der Waals surface area contributed by atoms with E-state index in [2.05, 4.69) is 20.6 Å². The lowest BCUT2D eigenvalue weighted by Crippen LogP contribution is -2.44. The standard InChI is InChI=1S/C24H20FN7O2S/c25-19-6-5-16(32-8-7-27-29-32)11-18(19)23(34)30-13-15-3-1-2-4-17(15)20(14-30)28-22(33)21-12-26-24-31(21)9-10-35-24/h1-8,11-12,20H,9-10,13-14H2,(H,28,33). The van der Waals surface area contributed by atoms with E-state index in [1.54, 1.807) is 29.1 Å². The number of rotatable bonds is 4. The number of halogens is 1. The fourth-order valence-electron chi connectivity index (χ4n) is 4.55. The summed E-state index contributed by atoms with van der Waals surface area (Å²) >= 11 is 1.62. The number of carbonyl (C=O) groups excluding carboxylic acids is 2. The highest BCUT2D eigenvalue weighted by atomic mass is 32.2. The third-order valence-electron chi connectivity index (χ3n) is 6.25. The van der Waals surface area contributed by atoms with Gasteiger partial charge in [-0.2, -0.15) is 0 Å². The first-order valence-corrected chi connectivity index (χ1v) is 12.1. The van der Waals surface area contributed by atoms with E-state index in [4.69, 9.17) is 0 Å². The Hall–Kier alpha value is -3.99. The van der Waals surface area contributed by atoms with Crippen LogP contribution in [0.4, 0.5) is 4.39 Å². The molecule has 0 spiro atoms. The van der Waals surface area contributed by atoms with E-state index in [0.29, 0.717) is 17.9 Å². The van der Waals surface area contributed by atoms with Gasteiger partial charge in [0.15, 0.2) is 5.16 Å². The van der Waals surface area contributed by atoms with Crippen molar-refractivity contribution in [3.05, 3.63) is 89.3 Å². The van der Waals surface area contributed by atoms with Crippen molar-refractivity contribution in [1.82, 2.24) is 34.8 Å². The topological polar surface area (TPSA) is 97.9 Å². The van der Waals surface area contributed by atoms with Crippen molar-refractivity contribution in [2.75, 3.05) is 12.3 Å². The van der Waals surface area contributed by atoms with Gasteiger partial charge >= 0.3 is 0 Å². The molecule has 35 heavy (non-hydrogen) atoms. The lowest BCUT2D eigenvalue weighted by Gasteiger charge is -2.35. The Bertz CT molecular complexity index is 1440. The molecular formula is C24H20FN7O2S. The second-order valence-corrected chi connectivity index (χ2v) is 9.41. The first kappa shape index (κ1) is 21.5. The number of benzene rings is 2. The number of amides is 2. The Morgan fingerprint density at radius 3 is 2.91 bits per heavy atom. The summed E-state index contributed by atoms with van der Waals surface area (Å²) in [5.41, 5.74) is 2.81. The molecule has 1 unspecified atom stereocenters. The Kier molecular flexibility index (Phi) is 5.33. The molecule has 2 amide bonds. The Morgan fingerprint density at radius 2 is 2.06 bits per heavy atom. The largest absolute Gasteiger partial charge is 0.342 e. The highest BCUT2D eigenvalue weighted by Gasteiger charge is 2.32. The van der Waals surface area contributed by atoms with Crippen LogP contribution in [0.15, 0.2) is 66.2 Å². The minimum absolute atomic E-state index is 0.0620. The van der Waals surface area contributed by atoms with E-state index >= 15 is 0 Å². The summed E-state index contributed by atoms with van der Waals surface area (Å²) in [6.45, 7) is 1.26. The average molecular weight is 490 g/mol. The maximum absolute atomic E-state index is 14.8. The van der Waals surface area contributed by atoms with Gasteiger partial charge in [0, 0.05) is 25.4 Å². The molecule has 2 aromatic carbocycles. The summed E-state index contributed by atoms with van der Waals surface area (Å²) in [6.07, 6.45) is 4.71. The summed E-state index contributed by atoms with van der Waals surface area (Å²) in [5, 5.41) is 11.6. The van der Waals surface area contributed by atoms with Gasteiger partial charge < -0.3 is 14.8 Å². The third kappa shape index (κ3) is 3.87. The number of hydrogen-bond acceptors (Lipinski definition) is 6. The fourth-order valence-corrected chi connectivity index (χ4v) is 5.48. The summed E-state index contributed by atoms with van der Waals surface area (Å²) in [4.78, 5) is 32.5. The molecule has 9 nitrogen and oxygen atoms in total. The van der Waals surface area contributed by atoms with Crippen LogP contribution < -0.4 is 5.32 Å². The average Bonchev–Trinajstić information content (AvgIpc) is 3.63. The van der Waals surface area contributed by atoms with Gasteiger partial charge in [0.25, 0.3) is 11.8 Å². The molecule has 0 radical (unpaired) electrons. The van der Waals surface area contributed by atoms with Gasteiger partial charge in [0.1, 0.15) is 11.5 Å². The zero-order valence-corrected chi connectivity index (χ0v) is 19.3. The molecule has 0 bridgehead atoms. The van der Waals surface area contributed by atoms with Gasteiger partial charge in [0.2, 0.25) is 0 Å². The normalized spacial score (nSPS) is 16.6. The van der Waals surface area contributed by atoms with Gasteiger partial charge in [-0.3, -0.25) is 9.59 Å². The smallest absolute Gasteiger partial charge is 0.270 e. The van der Waals surface area contributed by atoms with Gasteiger partial charge in [-0.15, -0.1) is 5.10 Å². The molecule has 0 aliphatic carbocycles. The maximum atomic E-state index is 14.8. The Morgan fingerprint density at radius 1 is 1.17 bits per heavy atom. The summed E-state index contributed by atoms with van der Waals surface area (Å²) < 4.78 is 18.1. The molecular weight excluding hydrogens is 469 g/mol. The van der Waals surface area contributed by atoms with Gasteiger partial charge in [0.05, 0.1) is 35.9 Å². The van der Waals surface area contributed by atoms with Crippen LogP contribution in [-0.4, -0.2) is 53.6 Å². The predicted molar refractivity (Wildman–Crippen MR) is 126 cm³/mol. The molecule has 2 aliphatic heterocycles. The molecule has 4 heterocycles. The maximum Gasteiger partial charge on any atom is 0.270 e. The van der Waals surface area contributed by atoms with Gasteiger partial charge in [-0.05, 0) is 29.3 Å². The molecule has 2 aliphatic rings.